The molecule has 1 aliphatic heterocycles. The molecule has 6 nitrogen and oxygen atoms in total. The molecule has 1 amide bonds. The molecule has 0 spiro atoms. The van der Waals surface area contributed by atoms with Gasteiger partial charge in [-0.2, -0.15) is 0 Å². The zero-order valence-corrected chi connectivity index (χ0v) is 19.4. The number of rotatable bonds is 9. The average Bonchev–Trinajstić information content (AvgIpc) is 2.83. The van der Waals surface area contributed by atoms with Crippen LogP contribution in [0.5, 0.6) is 0 Å². The highest BCUT2D eigenvalue weighted by atomic mass is 35.5. The molecule has 2 unspecified atom stereocenters. The van der Waals surface area contributed by atoms with E-state index in [0.717, 1.165) is 17.9 Å². The van der Waals surface area contributed by atoms with E-state index in [0.29, 0.717) is 6.42 Å². The first-order chi connectivity index (χ1) is 13.1. The van der Waals surface area contributed by atoms with Gasteiger partial charge in [-0.1, -0.05) is 23.7 Å². The highest BCUT2D eigenvalue weighted by molar-refractivity contribution is 6.48. The minimum Gasteiger partial charge on any atom is -0.402 e. The fraction of sp³-hybridized carbons (Fsp3) is 0.650. The third-order valence-corrected chi connectivity index (χ3v) is 5.76. The number of carbonyl (C=O) groups is 1. The Labute approximate surface area is 185 Å². The van der Waals surface area contributed by atoms with Crippen LogP contribution in [-0.4, -0.2) is 49.9 Å². The summed E-state index contributed by atoms with van der Waals surface area (Å²) < 4.78 is 17.3. The summed E-state index contributed by atoms with van der Waals surface area (Å²) in [5.74, 6) is -0.572. The largest absolute Gasteiger partial charge is 0.481 e. The second-order valence-electron chi connectivity index (χ2n) is 8.32. The number of aryl methyl sites for hydroxylation is 1. The molecule has 0 saturated carbocycles. The van der Waals surface area contributed by atoms with Crippen molar-refractivity contribution in [3.8, 4) is 0 Å². The van der Waals surface area contributed by atoms with Crippen LogP contribution in [0.15, 0.2) is 24.3 Å². The summed E-state index contributed by atoms with van der Waals surface area (Å²) in [6.45, 7) is 8.14. The maximum absolute atomic E-state index is 12.5. The summed E-state index contributed by atoms with van der Waals surface area (Å²) in [7, 11) is 0.985. The van der Waals surface area contributed by atoms with Gasteiger partial charge in [-0.15, -0.1) is 12.4 Å². The van der Waals surface area contributed by atoms with Crippen molar-refractivity contribution >= 4 is 37.0 Å². The normalized spacial score (nSPS) is 19.3. The molecule has 3 N–H and O–H groups in total. The molecule has 0 aliphatic carbocycles. The van der Waals surface area contributed by atoms with Crippen molar-refractivity contribution in [2.24, 2.45) is 5.73 Å². The number of hydrogen-bond acceptors (Lipinski definition) is 5. The Morgan fingerprint density at radius 3 is 2.28 bits per heavy atom. The first kappa shape index (κ1) is 26.2. The van der Waals surface area contributed by atoms with E-state index in [4.69, 9.17) is 31.4 Å². The molecular weight excluding hydrogens is 414 g/mol. The topological polar surface area (TPSA) is 82.8 Å². The van der Waals surface area contributed by atoms with Crippen LogP contribution in [-0.2, 0) is 25.3 Å². The minimum absolute atomic E-state index is 0. The van der Waals surface area contributed by atoms with E-state index in [-0.39, 0.29) is 30.9 Å². The molecule has 1 saturated heterocycles. The lowest BCUT2D eigenvalue weighted by Gasteiger charge is -2.32. The predicted molar refractivity (Wildman–Crippen MR) is 120 cm³/mol. The van der Waals surface area contributed by atoms with E-state index in [9.17, 15) is 4.79 Å². The van der Waals surface area contributed by atoms with E-state index in [2.05, 4.69) is 5.32 Å². The number of carbonyl (C=O) groups excluding carboxylic acids is 1. The van der Waals surface area contributed by atoms with Crippen molar-refractivity contribution in [1.82, 2.24) is 5.32 Å². The van der Waals surface area contributed by atoms with Gasteiger partial charge < -0.3 is 25.1 Å². The van der Waals surface area contributed by atoms with Gasteiger partial charge >= 0.3 is 7.12 Å². The number of hydrogen-bond donors (Lipinski definition) is 2. The Balaban J connectivity index is 0.00000420. The van der Waals surface area contributed by atoms with E-state index in [1.165, 1.54) is 12.7 Å². The van der Waals surface area contributed by atoms with Crippen LogP contribution >= 0.6 is 24.0 Å². The predicted octanol–water partition coefficient (Wildman–Crippen LogP) is 3.17. The number of nitrogens with two attached hydrogens (primary N) is 1. The van der Waals surface area contributed by atoms with Gasteiger partial charge in [-0.3, -0.25) is 4.79 Å². The molecule has 29 heavy (non-hydrogen) atoms. The Bertz CT molecular complexity index is 642. The third-order valence-electron chi connectivity index (χ3n) is 5.50. The molecule has 0 radical (unpaired) electrons. The van der Waals surface area contributed by atoms with Gasteiger partial charge in [-0.05, 0) is 64.7 Å². The molecule has 1 aliphatic rings. The first-order valence-corrected chi connectivity index (χ1v) is 10.1. The maximum Gasteiger partial charge on any atom is 0.481 e. The van der Waals surface area contributed by atoms with Crippen LogP contribution in [0.1, 0.15) is 46.1 Å². The first-order valence-electron chi connectivity index (χ1n) is 9.71. The Hall–Kier alpha value is -0.825. The van der Waals surface area contributed by atoms with Gasteiger partial charge in [-0.25, -0.2) is 0 Å². The fourth-order valence-corrected chi connectivity index (χ4v) is 3.18. The smallest absolute Gasteiger partial charge is 0.402 e. The molecule has 164 valence electrons. The highest BCUT2D eigenvalue weighted by Gasteiger charge is 2.54. The number of benzene rings is 1. The van der Waals surface area contributed by atoms with Crippen LogP contribution in [0.2, 0.25) is 5.02 Å². The van der Waals surface area contributed by atoms with Crippen LogP contribution in [0, 0.1) is 0 Å². The van der Waals surface area contributed by atoms with Gasteiger partial charge in [0.05, 0.1) is 23.8 Å². The molecule has 1 fully saturated rings. The van der Waals surface area contributed by atoms with Crippen molar-refractivity contribution in [3.05, 3.63) is 34.9 Å². The van der Waals surface area contributed by atoms with E-state index in [1.54, 1.807) is 0 Å². The molecule has 1 aromatic carbocycles. The van der Waals surface area contributed by atoms with Gasteiger partial charge in [0.2, 0.25) is 5.91 Å². The van der Waals surface area contributed by atoms with Gasteiger partial charge in [0.25, 0.3) is 0 Å². The lowest BCUT2D eigenvalue weighted by atomic mass is 9.75. The summed E-state index contributed by atoms with van der Waals surface area (Å²) in [5.41, 5.74) is 6.14. The number of amides is 1. The highest BCUT2D eigenvalue weighted by Crippen LogP contribution is 2.38. The third kappa shape index (κ3) is 7.12. The van der Waals surface area contributed by atoms with E-state index >= 15 is 0 Å². The fourth-order valence-electron chi connectivity index (χ4n) is 3.05. The Kier molecular flexibility index (Phi) is 9.93. The zero-order chi connectivity index (χ0) is 20.9. The van der Waals surface area contributed by atoms with Crippen molar-refractivity contribution in [2.75, 3.05) is 13.7 Å². The number of methoxy groups -OCH3 is 1. The van der Waals surface area contributed by atoms with Gasteiger partial charge in [0.1, 0.15) is 6.04 Å². The maximum atomic E-state index is 12.5. The monoisotopic (exact) mass is 446 g/mol. The van der Waals surface area contributed by atoms with Crippen molar-refractivity contribution in [3.63, 3.8) is 0 Å². The SMILES string of the molecule is COCC(N)C(=O)NC(CCCc1ccc(Cl)cc1)B1OC(C)(C)C(C)(C)O1.Cl. The van der Waals surface area contributed by atoms with Gasteiger partial charge in [0.15, 0.2) is 0 Å². The lowest BCUT2D eigenvalue weighted by molar-refractivity contribution is -0.123. The molecule has 2 atom stereocenters. The van der Waals surface area contributed by atoms with Crippen molar-refractivity contribution in [2.45, 2.75) is 70.1 Å². The lowest BCUT2D eigenvalue weighted by Crippen LogP contribution is -2.53. The second-order valence-corrected chi connectivity index (χ2v) is 8.76. The molecule has 0 bridgehead atoms. The van der Waals surface area contributed by atoms with Crippen LogP contribution in [0.3, 0.4) is 0 Å². The molecular formula is C20H33BCl2N2O4. The Morgan fingerprint density at radius 1 is 1.21 bits per heavy atom. The van der Waals surface area contributed by atoms with Crippen molar-refractivity contribution < 1.29 is 18.8 Å². The molecule has 1 aromatic rings. The second kappa shape index (κ2) is 11.0. The van der Waals surface area contributed by atoms with E-state index < -0.39 is 24.4 Å². The molecule has 9 heteroatoms. The standard InChI is InChI=1S/C20H32BClN2O4.ClH/c1-19(2)20(3,4)28-21(27-19)17(24-18(25)16(23)13-26-5)8-6-7-14-9-11-15(22)12-10-14;/h9-12,16-17H,6-8,13,23H2,1-5H3,(H,24,25);1H. The average molecular weight is 447 g/mol. The zero-order valence-electron chi connectivity index (χ0n) is 17.9. The van der Waals surface area contributed by atoms with Gasteiger partial charge in [0, 0.05) is 12.1 Å². The summed E-state index contributed by atoms with van der Waals surface area (Å²) in [6.07, 6.45) is 2.42. The number of halogens is 2. The number of nitrogens with one attached hydrogen (secondary N) is 1. The molecule has 0 aromatic heterocycles. The molecule has 2 rings (SSSR count). The van der Waals surface area contributed by atoms with Crippen LogP contribution in [0.4, 0.5) is 0 Å². The minimum atomic E-state index is -0.730. The summed E-state index contributed by atoms with van der Waals surface area (Å²) in [4.78, 5) is 12.5. The van der Waals surface area contributed by atoms with Crippen molar-refractivity contribution in [1.29, 1.82) is 0 Å². The van der Waals surface area contributed by atoms with Crippen LogP contribution in [0.25, 0.3) is 0 Å². The molecule has 1 heterocycles. The van der Waals surface area contributed by atoms with E-state index in [1.807, 2.05) is 52.0 Å². The summed E-state index contributed by atoms with van der Waals surface area (Å²) in [6, 6.07) is 7.06. The summed E-state index contributed by atoms with van der Waals surface area (Å²) >= 11 is 5.95. The Morgan fingerprint density at radius 2 is 1.76 bits per heavy atom. The number of ether oxygens (including phenoxy) is 1. The quantitative estimate of drug-likeness (QED) is 0.569. The van der Waals surface area contributed by atoms with Crippen LogP contribution < -0.4 is 11.1 Å². The summed E-state index contributed by atoms with van der Waals surface area (Å²) in [5, 5.41) is 3.72.